The summed E-state index contributed by atoms with van der Waals surface area (Å²) in [6, 6.07) is 0.538. The molecule has 1 amide bonds. The molecule has 1 aliphatic heterocycles. The Hall–Kier alpha value is -0.980. The van der Waals surface area contributed by atoms with Gasteiger partial charge in [0.15, 0.2) is 0 Å². The summed E-state index contributed by atoms with van der Waals surface area (Å²) in [5, 5.41) is 4.67. The summed E-state index contributed by atoms with van der Waals surface area (Å²) in [7, 11) is 0. The van der Waals surface area contributed by atoms with E-state index in [4.69, 9.17) is 5.73 Å². The maximum Gasteiger partial charge on any atom is 0.231 e. The van der Waals surface area contributed by atoms with Crippen molar-refractivity contribution in [1.29, 1.82) is 0 Å². The summed E-state index contributed by atoms with van der Waals surface area (Å²) in [6.07, 6.45) is 4.09. The van der Waals surface area contributed by atoms with E-state index in [9.17, 15) is 4.79 Å². The molecule has 1 aromatic heterocycles. The summed E-state index contributed by atoms with van der Waals surface area (Å²) >= 11 is 1.74. The first kappa shape index (κ1) is 13.5. The lowest BCUT2D eigenvalue weighted by atomic mass is 10.1. The lowest BCUT2D eigenvalue weighted by Crippen LogP contribution is -2.45. The number of amides is 1. The van der Waals surface area contributed by atoms with Crippen molar-refractivity contribution in [2.24, 2.45) is 5.73 Å². The molecule has 0 atom stereocenters. The molecule has 0 saturated carbocycles. The molecule has 1 aromatic rings. The maximum atomic E-state index is 10.8. The van der Waals surface area contributed by atoms with Crippen LogP contribution in [-0.2, 0) is 11.3 Å². The number of piperidine rings is 1. The highest BCUT2D eigenvalue weighted by Crippen LogP contribution is 2.14. The van der Waals surface area contributed by atoms with Crippen LogP contribution in [0.25, 0.3) is 0 Å². The summed E-state index contributed by atoms with van der Waals surface area (Å²) in [4.78, 5) is 18.5. The number of carbonyl (C=O) groups excluding carboxylic acids is 1. The molecule has 6 heteroatoms. The summed E-state index contributed by atoms with van der Waals surface area (Å²) in [5.41, 5.74) is 5.19. The minimum atomic E-state index is -0.235. The van der Waals surface area contributed by atoms with E-state index in [0.717, 1.165) is 37.5 Å². The Bertz CT molecular complexity index is 399. The van der Waals surface area contributed by atoms with Crippen molar-refractivity contribution >= 4 is 17.2 Å². The summed E-state index contributed by atoms with van der Waals surface area (Å²) < 4.78 is 0. The normalized spacial score (nSPS) is 18.1. The monoisotopic (exact) mass is 268 g/mol. The van der Waals surface area contributed by atoms with E-state index in [1.54, 1.807) is 11.3 Å². The minimum absolute atomic E-state index is 0.235. The van der Waals surface area contributed by atoms with Gasteiger partial charge >= 0.3 is 0 Å². The van der Waals surface area contributed by atoms with Crippen LogP contribution in [-0.4, -0.2) is 41.5 Å². The lowest BCUT2D eigenvalue weighted by molar-refractivity contribution is -0.119. The second-order valence-corrected chi connectivity index (χ2v) is 6.06. The van der Waals surface area contributed by atoms with Crippen LogP contribution in [0.1, 0.15) is 22.7 Å². The molecule has 0 radical (unpaired) electrons. The van der Waals surface area contributed by atoms with Gasteiger partial charge in [-0.05, 0) is 19.8 Å². The Morgan fingerprint density at radius 1 is 1.61 bits per heavy atom. The van der Waals surface area contributed by atoms with Crippen molar-refractivity contribution in [2.75, 3.05) is 19.6 Å². The fraction of sp³-hybridized carbons (Fsp3) is 0.667. The highest BCUT2D eigenvalue weighted by Gasteiger charge is 2.19. The van der Waals surface area contributed by atoms with Gasteiger partial charge in [-0.25, -0.2) is 4.98 Å². The van der Waals surface area contributed by atoms with Crippen molar-refractivity contribution in [2.45, 2.75) is 32.4 Å². The van der Waals surface area contributed by atoms with E-state index >= 15 is 0 Å². The van der Waals surface area contributed by atoms with Crippen molar-refractivity contribution in [1.82, 2.24) is 15.2 Å². The van der Waals surface area contributed by atoms with Gasteiger partial charge in [0.1, 0.15) is 0 Å². The average Bonchev–Trinajstić information content (AvgIpc) is 2.74. The number of aryl methyl sites for hydroxylation is 1. The van der Waals surface area contributed by atoms with Crippen LogP contribution in [0.4, 0.5) is 0 Å². The number of hydrogen-bond acceptors (Lipinski definition) is 5. The molecule has 5 nitrogen and oxygen atoms in total. The van der Waals surface area contributed by atoms with Crippen molar-refractivity contribution in [3.63, 3.8) is 0 Å². The third-order valence-electron chi connectivity index (χ3n) is 3.20. The van der Waals surface area contributed by atoms with Gasteiger partial charge in [0.05, 0.1) is 11.6 Å². The lowest BCUT2D eigenvalue weighted by Gasteiger charge is -2.31. The van der Waals surface area contributed by atoms with E-state index in [2.05, 4.69) is 15.2 Å². The molecule has 3 N–H and O–H groups in total. The zero-order valence-corrected chi connectivity index (χ0v) is 11.5. The van der Waals surface area contributed by atoms with E-state index in [0.29, 0.717) is 12.6 Å². The van der Waals surface area contributed by atoms with Crippen LogP contribution in [0, 0.1) is 6.92 Å². The molecule has 0 aromatic carbocycles. The summed E-state index contributed by atoms with van der Waals surface area (Å²) in [5.74, 6) is -0.235. The topological polar surface area (TPSA) is 71.2 Å². The standard InChI is InChI=1S/C12H20N4OS/c1-9-14-6-11(18-9)7-15-10-2-4-16(5-3-10)8-12(13)17/h6,10,15H,2-5,7-8H2,1H3,(H2,13,17). The van der Waals surface area contributed by atoms with Gasteiger partial charge in [-0.15, -0.1) is 11.3 Å². The smallest absolute Gasteiger partial charge is 0.231 e. The molecule has 0 bridgehead atoms. The molecule has 0 aliphatic carbocycles. The molecule has 2 heterocycles. The Morgan fingerprint density at radius 3 is 2.89 bits per heavy atom. The molecule has 0 spiro atoms. The van der Waals surface area contributed by atoms with Gasteiger partial charge in [-0.3, -0.25) is 9.69 Å². The second kappa shape index (κ2) is 6.26. The van der Waals surface area contributed by atoms with Crippen LogP contribution in [0.5, 0.6) is 0 Å². The predicted molar refractivity (Wildman–Crippen MR) is 72.3 cm³/mol. The minimum Gasteiger partial charge on any atom is -0.369 e. The molecule has 1 fully saturated rings. The largest absolute Gasteiger partial charge is 0.369 e. The number of carbonyl (C=O) groups is 1. The predicted octanol–water partition coefficient (Wildman–Crippen LogP) is 0.491. The first-order valence-electron chi connectivity index (χ1n) is 6.29. The number of primary amides is 1. The van der Waals surface area contributed by atoms with Crippen LogP contribution in [0.15, 0.2) is 6.20 Å². The molecule has 18 heavy (non-hydrogen) atoms. The number of nitrogens with two attached hydrogens (primary N) is 1. The maximum absolute atomic E-state index is 10.8. The Balaban J connectivity index is 1.69. The first-order valence-corrected chi connectivity index (χ1v) is 7.10. The molecular formula is C12H20N4OS. The number of nitrogens with zero attached hydrogens (tertiary/aromatic N) is 2. The van der Waals surface area contributed by atoms with E-state index < -0.39 is 0 Å². The molecule has 1 aliphatic rings. The zero-order chi connectivity index (χ0) is 13.0. The van der Waals surface area contributed by atoms with Crippen LogP contribution in [0.2, 0.25) is 0 Å². The Kier molecular flexibility index (Phi) is 4.68. The number of thiazole rings is 1. The third-order valence-corrected chi connectivity index (χ3v) is 4.11. The van der Waals surface area contributed by atoms with Gasteiger partial charge in [0.2, 0.25) is 5.91 Å². The van der Waals surface area contributed by atoms with Crippen LogP contribution in [0.3, 0.4) is 0 Å². The van der Waals surface area contributed by atoms with Gasteiger partial charge in [0.25, 0.3) is 0 Å². The quantitative estimate of drug-likeness (QED) is 0.815. The number of hydrogen-bond donors (Lipinski definition) is 2. The van der Waals surface area contributed by atoms with Gasteiger partial charge in [0, 0.05) is 36.8 Å². The Labute approximate surface area is 111 Å². The van der Waals surface area contributed by atoms with E-state index in [-0.39, 0.29) is 5.91 Å². The fourth-order valence-electron chi connectivity index (χ4n) is 2.25. The molecule has 2 rings (SSSR count). The van der Waals surface area contributed by atoms with Crippen molar-refractivity contribution in [3.05, 3.63) is 16.1 Å². The Morgan fingerprint density at radius 2 is 2.33 bits per heavy atom. The highest BCUT2D eigenvalue weighted by molar-refractivity contribution is 7.11. The molecular weight excluding hydrogens is 248 g/mol. The number of likely N-dealkylation sites (tertiary alicyclic amines) is 1. The SMILES string of the molecule is Cc1ncc(CNC2CCN(CC(N)=O)CC2)s1. The van der Waals surface area contributed by atoms with Gasteiger partial charge < -0.3 is 11.1 Å². The van der Waals surface area contributed by atoms with E-state index in [1.807, 2.05) is 13.1 Å². The number of rotatable bonds is 5. The molecule has 1 saturated heterocycles. The molecule has 100 valence electrons. The highest BCUT2D eigenvalue weighted by atomic mass is 32.1. The number of nitrogens with one attached hydrogen (secondary N) is 1. The van der Waals surface area contributed by atoms with Crippen LogP contribution >= 0.6 is 11.3 Å². The third kappa shape index (κ3) is 4.04. The van der Waals surface area contributed by atoms with Gasteiger partial charge in [-0.2, -0.15) is 0 Å². The van der Waals surface area contributed by atoms with Crippen molar-refractivity contribution in [3.8, 4) is 0 Å². The summed E-state index contributed by atoms with van der Waals surface area (Å²) in [6.45, 7) is 5.20. The second-order valence-electron chi connectivity index (χ2n) is 4.74. The van der Waals surface area contributed by atoms with Crippen LogP contribution < -0.4 is 11.1 Å². The van der Waals surface area contributed by atoms with Gasteiger partial charge in [-0.1, -0.05) is 0 Å². The molecule has 0 unspecified atom stereocenters. The number of aromatic nitrogens is 1. The van der Waals surface area contributed by atoms with E-state index in [1.165, 1.54) is 4.88 Å². The zero-order valence-electron chi connectivity index (χ0n) is 10.7. The van der Waals surface area contributed by atoms with Crippen molar-refractivity contribution < 1.29 is 4.79 Å². The first-order chi connectivity index (χ1) is 8.63. The average molecular weight is 268 g/mol. The fourth-order valence-corrected chi connectivity index (χ4v) is 2.99.